The number of para-hydroxylation sites is 1. The SMILES string of the molecule is O=c1oc2ccccc2cc1-c1ccc(-c2cc3sc(/C=C/c4cccs4)cc3s2)s1. The van der Waals surface area contributed by atoms with Crippen molar-refractivity contribution in [1.82, 2.24) is 0 Å². The van der Waals surface area contributed by atoms with Gasteiger partial charge in [-0.1, -0.05) is 24.3 Å². The van der Waals surface area contributed by atoms with Gasteiger partial charge in [-0.15, -0.1) is 45.3 Å². The van der Waals surface area contributed by atoms with Crippen LogP contribution in [0.4, 0.5) is 0 Å². The molecule has 6 heteroatoms. The second-order valence-electron chi connectivity index (χ2n) is 6.99. The van der Waals surface area contributed by atoms with E-state index >= 15 is 0 Å². The molecule has 0 aliphatic carbocycles. The molecule has 0 aliphatic heterocycles. The molecule has 0 radical (unpaired) electrons. The van der Waals surface area contributed by atoms with Gasteiger partial charge in [0, 0.05) is 39.2 Å². The number of hydrogen-bond acceptors (Lipinski definition) is 6. The van der Waals surface area contributed by atoms with Crippen molar-refractivity contribution in [2.24, 2.45) is 0 Å². The van der Waals surface area contributed by atoms with Gasteiger partial charge in [0.05, 0.1) is 5.56 Å². The van der Waals surface area contributed by atoms with Gasteiger partial charge in [0.25, 0.3) is 0 Å². The molecule has 0 fully saturated rings. The van der Waals surface area contributed by atoms with Crippen molar-refractivity contribution in [1.29, 1.82) is 0 Å². The van der Waals surface area contributed by atoms with E-state index in [-0.39, 0.29) is 5.63 Å². The van der Waals surface area contributed by atoms with Gasteiger partial charge in [0.1, 0.15) is 5.58 Å². The summed E-state index contributed by atoms with van der Waals surface area (Å²) in [5.41, 5.74) is 0.950. The molecule has 0 N–H and O–H groups in total. The molecule has 31 heavy (non-hydrogen) atoms. The second-order valence-corrected chi connectivity index (χ2v) is 11.2. The fourth-order valence-corrected chi connectivity index (χ4v) is 7.48. The molecule has 0 amide bonds. The largest absolute Gasteiger partial charge is 0.422 e. The van der Waals surface area contributed by atoms with Gasteiger partial charge in [-0.3, -0.25) is 0 Å². The Balaban J connectivity index is 1.31. The first-order valence-electron chi connectivity index (χ1n) is 9.61. The van der Waals surface area contributed by atoms with Crippen LogP contribution >= 0.6 is 45.3 Å². The molecule has 0 saturated carbocycles. The number of rotatable bonds is 4. The summed E-state index contributed by atoms with van der Waals surface area (Å²) in [7, 11) is 0. The predicted molar refractivity (Wildman–Crippen MR) is 138 cm³/mol. The standard InChI is InChI=1S/C25H14O2S4/c26-25-18(12-15-4-1-2-6-19(15)27-25)20-9-10-21(30-20)23-14-24-22(31-23)13-17(29-24)8-7-16-5-3-11-28-16/h1-14H/b8-7+. The Bertz CT molecular complexity index is 1570. The maximum Gasteiger partial charge on any atom is 0.345 e. The van der Waals surface area contributed by atoms with Crippen LogP contribution in [0.3, 0.4) is 0 Å². The van der Waals surface area contributed by atoms with Crippen LogP contribution in [-0.4, -0.2) is 0 Å². The van der Waals surface area contributed by atoms with Crippen LogP contribution < -0.4 is 5.63 Å². The monoisotopic (exact) mass is 474 g/mol. The maximum absolute atomic E-state index is 12.5. The summed E-state index contributed by atoms with van der Waals surface area (Å²) in [5, 5.41) is 3.03. The fourth-order valence-electron chi connectivity index (χ4n) is 3.46. The first-order chi connectivity index (χ1) is 15.2. The van der Waals surface area contributed by atoms with Crippen LogP contribution in [-0.2, 0) is 0 Å². The normalized spacial score (nSPS) is 11.9. The molecule has 0 bridgehead atoms. The zero-order valence-corrected chi connectivity index (χ0v) is 19.3. The molecule has 150 valence electrons. The minimum absolute atomic E-state index is 0.290. The molecule has 5 heterocycles. The molecule has 2 nitrogen and oxygen atoms in total. The lowest BCUT2D eigenvalue weighted by Gasteiger charge is -1.99. The molecule has 0 spiro atoms. The number of fused-ring (bicyclic) bond motifs is 2. The fraction of sp³-hybridized carbons (Fsp3) is 0. The van der Waals surface area contributed by atoms with Crippen molar-refractivity contribution in [2.75, 3.05) is 0 Å². The minimum Gasteiger partial charge on any atom is -0.422 e. The number of thiophene rings is 4. The second kappa shape index (κ2) is 7.73. The van der Waals surface area contributed by atoms with E-state index in [4.69, 9.17) is 4.42 Å². The minimum atomic E-state index is -0.290. The Kier molecular flexibility index (Phi) is 4.73. The summed E-state index contributed by atoms with van der Waals surface area (Å²) in [4.78, 5) is 18.4. The first kappa shape index (κ1) is 19.0. The van der Waals surface area contributed by atoms with E-state index in [9.17, 15) is 4.79 Å². The van der Waals surface area contributed by atoms with Crippen LogP contribution in [0.25, 0.3) is 52.7 Å². The first-order valence-corrected chi connectivity index (χ1v) is 12.9. The van der Waals surface area contributed by atoms with Gasteiger partial charge < -0.3 is 4.42 Å². The molecule has 0 atom stereocenters. The number of hydrogen-bond donors (Lipinski definition) is 0. The number of benzene rings is 1. The summed E-state index contributed by atoms with van der Waals surface area (Å²) in [6, 6.07) is 22.4. The van der Waals surface area contributed by atoms with Crippen molar-refractivity contribution < 1.29 is 4.42 Å². The third-order valence-electron chi connectivity index (χ3n) is 4.94. The van der Waals surface area contributed by atoms with Gasteiger partial charge in [-0.25, -0.2) is 4.79 Å². The van der Waals surface area contributed by atoms with Gasteiger partial charge in [0.2, 0.25) is 0 Å². The highest BCUT2D eigenvalue weighted by molar-refractivity contribution is 7.31. The van der Waals surface area contributed by atoms with E-state index in [0.29, 0.717) is 11.1 Å². The molecule has 0 saturated heterocycles. The smallest absolute Gasteiger partial charge is 0.345 e. The lowest BCUT2D eigenvalue weighted by atomic mass is 10.1. The summed E-state index contributed by atoms with van der Waals surface area (Å²) in [5.74, 6) is 0. The molecule has 1 aromatic carbocycles. The molecule has 6 rings (SSSR count). The van der Waals surface area contributed by atoms with E-state index in [1.165, 1.54) is 28.9 Å². The zero-order valence-electron chi connectivity index (χ0n) is 16.0. The van der Waals surface area contributed by atoms with Crippen molar-refractivity contribution in [2.45, 2.75) is 0 Å². The van der Waals surface area contributed by atoms with Crippen molar-refractivity contribution in [3.63, 3.8) is 0 Å². The van der Waals surface area contributed by atoms with Crippen LogP contribution in [0.1, 0.15) is 9.75 Å². The average molecular weight is 475 g/mol. The molecule has 5 aromatic heterocycles. The van der Waals surface area contributed by atoms with Crippen molar-refractivity contribution in [3.8, 4) is 20.2 Å². The van der Waals surface area contributed by atoms with E-state index < -0.39 is 0 Å². The van der Waals surface area contributed by atoms with Crippen LogP contribution in [0, 0.1) is 0 Å². The van der Waals surface area contributed by atoms with E-state index in [0.717, 1.165) is 10.3 Å². The Hall–Kier alpha value is -2.77. The molecule has 6 aromatic rings. The summed E-state index contributed by atoms with van der Waals surface area (Å²) < 4.78 is 8.10. The lowest BCUT2D eigenvalue weighted by molar-refractivity contribution is 0.564. The highest BCUT2D eigenvalue weighted by Gasteiger charge is 2.13. The van der Waals surface area contributed by atoms with Gasteiger partial charge in [0.15, 0.2) is 0 Å². The van der Waals surface area contributed by atoms with Crippen molar-refractivity contribution >= 4 is 77.9 Å². The summed E-state index contributed by atoms with van der Waals surface area (Å²) >= 11 is 6.99. The topological polar surface area (TPSA) is 30.2 Å². The Morgan fingerprint density at radius 3 is 2.42 bits per heavy atom. The van der Waals surface area contributed by atoms with E-state index in [1.807, 2.05) is 47.7 Å². The quantitative estimate of drug-likeness (QED) is 0.239. The van der Waals surface area contributed by atoms with Gasteiger partial charge in [-0.2, -0.15) is 0 Å². The van der Waals surface area contributed by atoms with E-state index in [1.54, 1.807) is 34.0 Å². The molecule has 0 aliphatic rings. The highest BCUT2D eigenvalue weighted by atomic mass is 32.1. The Morgan fingerprint density at radius 1 is 0.710 bits per heavy atom. The lowest BCUT2D eigenvalue weighted by Crippen LogP contribution is -2.01. The third-order valence-corrected chi connectivity index (χ3v) is 9.35. The van der Waals surface area contributed by atoms with Crippen molar-refractivity contribution in [3.05, 3.63) is 92.3 Å². The molecular formula is C25H14O2S4. The predicted octanol–water partition coefficient (Wildman–Crippen LogP) is 8.70. The van der Waals surface area contributed by atoms with E-state index in [2.05, 4.69) is 47.9 Å². The zero-order chi connectivity index (χ0) is 20.8. The molecule has 0 unspecified atom stereocenters. The van der Waals surface area contributed by atoms with Gasteiger partial charge >= 0.3 is 5.63 Å². The Morgan fingerprint density at radius 2 is 1.55 bits per heavy atom. The highest BCUT2D eigenvalue weighted by Crippen LogP contribution is 2.42. The maximum atomic E-state index is 12.5. The summed E-state index contributed by atoms with van der Waals surface area (Å²) in [6.07, 6.45) is 4.35. The average Bonchev–Trinajstić information content (AvgIpc) is 3.55. The van der Waals surface area contributed by atoms with Crippen LogP contribution in [0.5, 0.6) is 0 Å². The van der Waals surface area contributed by atoms with Gasteiger partial charge in [-0.05, 0) is 60.0 Å². The van der Waals surface area contributed by atoms with Crippen LogP contribution in [0.15, 0.2) is 81.3 Å². The van der Waals surface area contributed by atoms with Crippen LogP contribution in [0.2, 0.25) is 0 Å². The Labute approximate surface area is 194 Å². The molecular weight excluding hydrogens is 461 g/mol. The summed E-state index contributed by atoms with van der Waals surface area (Å²) in [6.45, 7) is 0. The third kappa shape index (κ3) is 3.62.